The van der Waals surface area contributed by atoms with Crippen LogP contribution in [-0.2, 0) is 11.3 Å². The number of thiazole rings is 1. The number of rotatable bonds is 6. The summed E-state index contributed by atoms with van der Waals surface area (Å²) < 4.78 is 6.01. The van der Waals surface area contributed by atoms with Crippen molar-refractivity contribution in [1.29, 1.82) is 0 Å². The predicted molar refractivity (Wildman–Crippen MR) is 118 cm³/mol. The van der Waals surface area contributed by atoms with Crippen molar-refractivity contribution < 1.29 is 9.53 Å². The molecule has 1 N–H and O–H groups in total. The lowest BCUT2D eigenvalue weighted by molar-refractivity contribution is 0.0529. The molecule has 1 aliphatic rings. The molecule has 30 heavy (non-hydrogen) atoms. The molecule has 156 valence electrons. The molecule has 6 nitrogen and oxygen atoms in total. The molecule has 1 amide bonds. The lowest BCUT2D eigenvalue weighted by atomic mass is 10.1. The van der Waals surface area contributed by atoms with E-state index in [9.17, 15) is 4.79 Å². The fourth-order valence-electron chi connectivity index (χ4n) is 3.60. The molecule has 0 unspecified atom stereocenters. The van der Waals surface area contributed by atoms with Gasteiger partial charge >= 0.3 is 0 Å². The molecule has 1 saturated heterocycles. The van der Waals surface area contributed by atoms with Crippen LogP contribution in [0.15, 0.2) is 60.2 Å². The van der Waals surface area contributed by atoms with Crippen LogP contribution in [-0.4, -0.2) is 53.6 Å². The number of hydrogen-bond acceptors (Lipinski definition) is 6. The minimum absolute atomic E-state index is 0.0710. The first kappa shape index (κ1) is 20.7. The second kappa shape index (κ2) is 10.4. The maximum Gasteiger partial charge on any atom is 0.265 e. The summed E-state index contributed by atoms with van der Waals surface area (Å²) in [5, 5.41) is 3.47. The minimum atomic E-state index is 0.0710. The Balaban J connectivity index is 1.34. The molecule has 0 aliphatic carbocycles. The second-order valence-corrected chi connectivity index (χ2v) is 8.32. The van der Waals surface area contributed by atoms with Crippen molar-refractivity contribution in [3.8, 4) is 11.3 Å². The second-order valence-electron chi connectivity index (χ2n) is 7.44. The maximum atomic E-state index is 12.8. The van der Waals surface area contributed by atoms with Crippen LogP contribution in [0.3, 0.4) is 0 Å². The molecule has 3 aromatic rings. The summed E-state index contributed by atoms with van der Waals surface area (Å²) in [4.78, 5) is 24.2. The monoisotopic (exact) mass is 422 g/mol. The van der Waals surface area contributed by atoms with Crippen molar-refractivity contribution in [3.05, 3.63) is 70.8 Å². The van der Waals surface area contributed by atoms with Gasteiger partial charge in [0, 0.05) is 31.1 Å². The minimum Gasteiger partial charge on any atom is -0.375 e. The first-order valence-corrected chi connectivity index (χ1v) is 11.1. The van der Waals surface area contributed by atoms with E-state index >= 15 is 0 Å². The van der Waals surface area contributed by atoms with Gasteiger partial charge in [-0.25, -0.2) is 0 Å². The summed E-state index contributed by atoms with van der Waals surface area (Å²) in [7, 11) is 0. The Morgan fingerprint density at radius 1 is 1.20 bits per heavy atom. The van der Waals surface area contributed by atoms with E-state index in [2.05, 4.69) is 22.4 Å². The van der Waals surface area contributed by atoms with E-state index in [1.165, 1.54) is 11.3 Å². The smallest absolute Gasteiger partial charge is 0.265 e. The van der Waals surface area contributed by atoms with Gasteiger partial charge in [-0.05, 0) is 25.1 Å². The Morgan fingerprint density at radius 2 is 2.10 bits per heavy atom. The highest BCUT2D eigenvalue weighted by Gasteiger charge is 2.23. The van der Waals surface area contributed by atoms with Crippen molar-refractivity contribution >= 4 is 17.2 Å². The number of nitrogens with one attached hydrogen (secondary N) is 1. The van der Waals surface area contributed by atoms with Gasteiger partial charge in [-0.2, -0.15) is 0 Å². The molecule has 0 radical (unpaired) electrons. The van der Waals surface area contributed by atoms with Crippen molar-refractivity contribution in [2.45, 2.75) is 13.0 Å². The van der Waals surface area contributed by atoms with E-state index in [4.69, 9.17) is 9.72 Å². The van der Waals surface area contributed by atoms with Crippen molar-refractivity contribution in [2.75, 3.05) is 32.8 Å². The van der Waals surface area contributed by atoms with Crippen LogP contribution in [0.4, 0.5) is 0 Å². The van der Waals surface area contributed by atoms with Crippen molar-refractivity contribution in [1.82, 2.24) is 20.2 Å². The highest BCUT2D eigenvalue weighted by Crippen LogP contribution is 2.17. The maximum absolute atomic E-state index is 12.8. The zero-order chi connectivity index (χ0) is 20.6. The summed E-state index contributed by atoms with van der Waals surface area (Å²) in [6.07, 6.45) is 2.61. The van der Waals surface area contributed by atoms with E-state index in [0.29, 0.717) is 24.6 Å². The number of amides is 1. The number of nitrogens with zero attached hydrogens (tertiary/aromatic N) is 3. The number of carbonyl (C=O) groups is 1. The molecule has 1 atom stereocenters. The number of hydrogen-bond donors (Lipinski definition) is 1. The van der Waals surface area contributed by atoms with E-state index in [-0.39, 0.29) is 11.8 Å². The highest BCUT2D eigenvalue weighted by molar-refractivity contribution is 7.11. The summed E-state index contributed by atoms with van der Waals surface area (Å²) >= 11 is 1.40. The third kappa shape index (κ3) is 5.50. The van der Waals surface area contributed by atoms with Crippen LogP contribution >= 0.6 is 11.3 Å². The highest BCUT2D eigenvalue weighted by atomic mass is 32.1. The Bertz CT molecular complexity index is 933. The average molecular weight is 423 g/mol. The van der Waals surface area contributed by atoms with Gasteiger partial charge in [-0.15, -0.1) is 11.3 Å². The molecule has 4 rings (SSSR count). The normalized spacial score (nSPS) is 17.3. The van der Waals surface area contributed by atoms with Crippen molar-refractivity contribution in [2.24, 2.45) is 5.92 Å². The number of carbonyl (C=O) groups excluding carboxylic acids is 1. The molecule has 1 aromatic carbocycles. The third-order valence-corrected chi connectivity index (χ3v) is 5.86. The Kier molecular flexibility index (Phi) is 7.18. The van der Waals surface area contributed by atoms with Gasteiger partial charge in [-0.1, -0.05) is 36.4 Å². The molecular weight excluding hydrogens is 396 g/mol. The number of aromatic nitrogens is 2. The quantitative estimate of drug-likeness (QED) is 0.659. The molecule has 3 heterocycles. The van der Waals surface area contributed by atoms with Crippen LogP contribution < -0.4 is 5.32 Å². The van der Waals surface area contributed by atoms with Gasteiger partial charge in [0.2, 0.25) is 0 Å². The molecular formula is C23H26N4O2S. The topological polar surface area (TPSA) is 67.4 Å². The van der Waals surface area contributed by atoms with E-state index < -0.39 is 0 Å². The van der Waals surface area contributed by atoms with E-state index in [1.807, 2.05) is 41.3 Å². The van der Waals surface area contributed by atoms with Crippen LogP contribution in [0, 0.1) is 5.92 Å². The van der Waals surface area contributed by atoms with E-state index in [0.717, 1.165) is 43.0 Å². The summed E-state index contributed by atoms with van der Waals surface area (Å²) in [5.41, 5.74) is 4.66. The molecule has 0 saturated carbocycles. The van der Waals surface area contributed by atoms with Gasteiger partial charge < -0.3 is 15.0 Å². The summed E-state index contributed by atoms with van der Waals surface area (Å²) in [6.45, 7) is 4.21. The van der Waals surface area contributed by atoms with Gasteiger partial charge in [-0.3, -0.25) is 14.8 Å². The Labute approximate surface area is 180 Å². The molecule has 1 aliphatic heterocycles. The predicted octanol–water partition coefficient (Wildman–Crippen LogP) is 3.47. The van der Waals surface area contributed by atoms with Gasteiger partial charge in [0.05, 0.1) is 36.3 Å². The number of pyridine rings is 1. The average Bonchev–Trinajstić information content (AvgIpc) is 3.30. The SMILES string of the molecule is O=C(c1cncs1)N1CCCNC[C@H](COCc2cccc(-c3ccccc3)n2)C1. The zero-order valence-electron chi connectivity index (χ0n) is 16.9. The Morgan fingerprint density at radius 3 is 2.93 bits per heavy atom. The number of ether oxygens (including phenoxy) is 1. The van der Waals surface area contributed by atoms with Crippen LogP contribution in [0.25, 0.3) is 11.3 Å². The standard InChI is InChI=1S/C23H26N4O2S/c28-23(22-13-25-17-30-22)27-11-5-10-24-12-18(14-27)15-29-16-20-8-4-9-21(26-20)19-6-2-1-3-7-19/h1-4,6-9,13,17-18,24H,5,10-12,14-16H2/t18-/m0/s1. The van der Waals surface area contributed by atoms with E-state index in [1.54, 1.807) is 11.7 Å². The van der Waals surface area contributed by atoms with Crippen LogP contribution in [0.5, 0.6) is 0 Å². The molecule has 0 spiro atoms. The third-order valence-electron chi connectivity index (χ3n) is 5.10. The zero-order valence-corrected chi connectivity index (χ0v) is 17.7. The summed E-state index contributed by atoms with van der Waals surface area (Å²) in [5.74, 6) is 0.307. The molecule has 0 bridgehead atoms. The van der Waals surface area contributed by atoms with Crippen molar-refractivity contribution in [3.63, 3.8) is 0 Å². The molecule has 7 heteroatoms. The molecule has 2 aromatic heterocycles. The lowest BCUT2D eigenvalue weighted by Gasteiger charge is -2.30. The number of benzene rings is 1. The Hall–Kier alpha value is -2.61. The first-order chi connectivity index (χ1) is 14.8. The van der Waals surface area contributed by atoms with Gasteiger partial charge in [0.25, 0.3) is 5.91 Å². The fourth-order valence-corrected chi connectivity index (χ4v) is 4.19. The van der Waals surface area contributed by atoms with Crippen LogP contribution in [0.2, 0.25) is 0 Å². The van der Waals surface area contributed by atoms with Crippen LogP contribution in [0.1, 0.15) is 21.8 Å². The molecule has 1 fully saturated rings. The van der Waals surface area contributed by atoms with Gasteiger partial charge in [0.1, 0.15) is 4.88 Å². The summed E-state index contributed by atoms with van der Waals surface area (Å²) in [6, 6.07) is 16.2. The lowest BCUT2D eigenvalue weighted by Crippen LogP contribution is -2.44. The van der Waals surface area contributed by atoms with Gasteiger partial charge in [0.15, 0.2) is 0 Å². The fraction of sp³-hybridized carbons (Fsp3) is 0.348. The largest absolute Gasteiger partial charge is 0.375 e. The first-order valence-electron chi connectivity index (χ1n) is 10.3.